The molecular formula is C6H15ClN2O2S. The molecule has 0 saturated carbocycles. The molecule has 0 bridgehead atoms. The summed E-state index contributed by atoms with van der Waals surface area (Å²) < 4.78 is 21.9. The molecule has 0 aromatic heterocycles. The molecular weight excluding hydrogens is 200 g/mol. The van der Waals surface area contributed by atoms with Crippen molar-refractivity contribution in [3.63, 3.8) is 0 Å². The standard InChI is InChI=1S/C6H14N2O2S.ClH/c7-2-3-8-6-1-4-11(9,10)5-6;/h6,8H,1-5,7H2;1H. The van der Waals surface area contributed by atoms with Gasteiger partial charge < -0.3 is 11.1 Å². The molecule has 0 radical (unpaired) electrons. The summed E-state index contributed by atoms with van der Waals surface area (Å²) in [5, 5.41) is 3.08. The van der Waals surface area contributed by atoms with Crippen LogP contribution in [0.3, 0.4) is 0 Å². The van der Waals surface area contributed by atoms with Crippen LogP contribution in [0.1, 0.15) is 6.42 Å². The van der Waals surface area contributed by atoms with Crippen LogP contribution in [0.5, 0.6) is 0 Å². The van der Waals surface area contributed by atoms with E-state index in [-0.39, 0.29) is 24.2 Å². The Morgan fingerprint density at radius 3 is 2.58 bits per heavy atom. The van der Waals surface area contributed by atoms with Gasteiger partial charge in [-0.2, -0.15) is 0 Å². The number of sulfone groups is 1. The Bertz CT molecular complexity index is 218. The lowest BCUT2D eigenvalue weighted by molar-refractivity contribution is 0.561. The molecule has 1 aliphatic heterocycles. The topological polar surface area (TPSA) is 72.2 Å². The van der Waals surface area contributed by atoms with Gasteiger partial charge in [0.15, 0.2) is 9.84 Å². The van der Waals surface area contributed by atoms with E-state index in [0.717, 1.165) is 6.42 Å². The van der Waals surface area contributed by atoms with E-state index in [9.17, 15) is 8.42 Å². The molecule has 1 fully saturated rings. The van der Waals surface area contributed by atoms with Crippen molar-refractivity contribution in [3.05, 3.63) is 0 Å². The van der Waals surface area contributed by atoms with Crippen LogP contribution in [0.2, 0.25) is 0 Å². The lowest BCUT2D eigenvalue weighted by Crippen LogP contribution is -2.33. The van der Waals surface area contributed by atoms with Crippen LogP contribution in [0.15, 0.2) is 0 Å². The second kappa shape index (κ2) is 5.01. The minimum absolute atomic E-state index is 0. The maximum Gasteiger partial charge on any atom is 0.151 e. The van der Waals surface area contributed by atoms with Crippen LogP contribution in [0, 0.1) is 0 Å². The lowest BCUT2D eigenvalue weighted by Gasteiger charge is -2.07. The molecule has 1 unspecified atom stereocenters. The van der Waals surface area contributed by atoms with Crippen molar-refractivity contribution in [3.8, 4) is 0 Å². The maximum absolute atomic E-state index is 10.9. The second-order valence-corrected chi connectivity index (χ2v) is 5.07. The number of halogens is 1. The van der Waals surface area contributed by atoms with Gasteiger partial charge in [0, 0.05) is 19.1 Å². The molecule has 1 rings (SSSR count). The van der Waals surface area contributed by atoms with E-state index in [0.29, 0.717) is 18.8 Å². The van der Waals surface area contributed by atoms with Crippen LogP contribution in [0.4, 0.5) is 0 Å². The smallest absolute Gasteiger partial charge is 0.151 e. The van der Waals surface area contributed by atoms with Crippen LogP contribution >= 0.6 is 12.4 Å². The first kappa shape index (κ1) is 12.2. The number of nitrogens with two attached hydrogens (primary N) is 1. The Morgan fingerprint density at radius 1 is 1.50 bits per heavy atom. The van der Waals surface area contributed by atoms with Crippen molar-refractivity contribution in [1.82, 2.24) is 5.32 Å². The number of rotatable bonds is 3. The summed E-state index contributed by atoms with van der Waals surface area (Å²) in [6.07, 6.45) is 0.738. The second-order valence-electron chi connectivity index (χ2n) is 2.84. The van der Waals surface area contributed by atoms with E-state index in [1.54, 1.807) is 0 Å². The Morgan fingerprint density at radius 2 is 2.17 bits per heavy atom. The molecule has 4 nitrogen and oxygen atoms in total. The van der Waals surface area contributed by atoms with Gasteiger partial charge in [0.1, 0.15) is 0 Å². The van der Waals surface area contributed by atoms with E-state index in [1.807, 2.05) is 0 Å². The highest BCUT2D eigenvalue weighted by atomic mass is 35.5. The first-order valence-electron chi connectivity index (χ1n) is 3.78. The molecule has 1 aliphatic rings. The summed E-state index contributed by atoms with van der Waals surface area (Å²) in [5.74, 6) is 0.613. The zero-order valence-electron chi connectivity index (χ0n) is 6.82. The third kappa shape index (κ3) is 3.71. The van der Waals surface area contributed by atoms with E-state index in [2.05, 4.69) is 5.32 Å². The Kier molecular flexibility index (Phi) is 5.08. The van der Waals surface area contributed by atoms with Crippen LogP contribution < -0.4 is 11.1 Å². The van der Waals surface area contributed by atoms with E-state index in [4.69, 9.17) is 5.73 Å². The molecule has 6 heteroatoms. The van der Waals surface area contributed by atoms with Crippen molar-refractivity contribution >= 4 is 22.2 Å². The van der Waals surface area contributed by atoms with Crippen molar-refractivity contribution in [2.45, 2.75) is 12.5 Å². The Balaban J connectivity index is 0.00000121. The summed E-state index contributed by atoms with van der Waals surface area (Å²) in [6.45, 7) is 1.27. The van der Waals surface area contributed by atoms with Gasteiger partial charge in [-0.15, -0.1) is 12.4 Å². The highest BCUT2D eigenvalue weighted by Crippen LogP contribution is 2.10. The van der Waals surface area contributed by atoms with Crippen LogP contribution in [0.25, 0.3) is 0 Å². The van der Waals surface area contributed by atoms with Crippen molar-refractivity contribution in [2.75, 3.05) is 24.6 Å². The van der Waals surface area contributed by atoms with Gasteiger partial charge in [0.25, 0.3) is 0 Å². The molecule has 0 amide bonds. The Labute approximate surface area is 79.2 Å². The molecule has 0 aromatic carbocycles. The van der Waals surface area contributed by atoms with Gasteiger partial charge in [-0.1, -0.05) is 0 Å². The van der Waals surface area contributed by atoms with E-state index >= 15 is 0 Å². The number of hydrogen-bond donors (Lipinski definition) is 2. The van der Waals surface area contributed by atoms with Gasteiger partial charge in [0.2, 0.25) is 0 Å². The average Bonchev–Trinajstić information content (AvgIpc) is 2.26. The largest absolute Gasteiger partial charge is 0.329 e. The normalized spacial score (nSPS) is 26.6. The van der Waals surface area contributed by atoms with Gasteiger partial charge in [-0.3, -0.25) is 0 Å². The molecule has 0 spiro atoms. The first-order valence-corrected chi connectivity index (χ1v) is 5.60. The summed E-state index contributed by atoms with van der Waals surface area (Å²) in [6, 6.07) is 0.142. The molecule has 0 aromatic rings. The van der Waals surface area contributed by atoms with Crippen LogP contribution in [-0.4, -0.2) is 39.1 Å². The van der Waals surface area contributed by atoms with Gasteiger partial charge in [0.05, 0.1) is 11.5 Å². The summed E-state index contributed by atoms with van der Waals surface area (Å²) >= 11 is 0. The molecule has 12 heavy (non-hydrogen) atoms. The lowest BCUT2D eigenvalue weighted by atomic mass is 10.3. The first-order chi connectivity index (χ1) is 5.14. The summed E-state index contributed by atoms with van der Waals surface area (Å²) in [5.41, 5.74) is 5.26. The monoisotopic (exact) mass is 214 g/mol. The van der Waals surface area contributed by atoms with E-state index < -0.39 is 9.84 Å². The molecule has 74 valence electrons. The van der Waals surface area contributed by atoms with Gasteiger partial charge >= 0.3 is 0 Å². The number of nitrogens with one attached hydrogen (secondary N) is 1. The van der Waals surface area contributed by atoms with Crippen molar-refractivity contribution < 1.29 is 8.42 Å². The predicted octanol–water partition coefficient (Wildman–Crippen LogP) is -0.856. The van der Waals surface area contributed by atoms with Gasteiger partial charge in [-0.05, 0) is 6.42 Å². The number of hydrogen-bond acceptors (Lipinski definition) is 4. The third-order valence-corrected chi connectivity index (χ3v) is 3.58. The maximum atomic E-state index is 10.9. The van der Waals surface area contributed by atoms with Gasteiger partial charge in [-0.25, -0.2) is 8.42 Å². The quantitative estimate of drug-likeness (QED) is 0.642. The summed E-state index contributed by atoms with van der Waals surface area (Å²) in [4.78, 5) is 0. The average molecular weight is 215 g/mol. The molecule has 1 heterocycles. The molecule has 0 aliphatic carbocycles. The predicted molar refractivity (Wildman–Crippen MR) is 51.4 cm³/mol. The SMILES string of the molecule is Cl.NCCNC1CCS(=O)(=O)C1. The Hall–Kier alpha value is 0.160. The fourth-order valence-electron chi connectivity index (χ4n) is 1.24. The summed E-state index contributed by atoms with van der Waals surface area (Å²) in [7, 11) is -2.73. The fraction of sp³-hybridized carbons (Fsp3) is 1.00. The van der Waals surface area contributed by atoms with Crippen LogP contribution in [-0.2, 0) is 9.84 Å². The third-order valence-electron chi connectivity index (χ3n) is 1.81. The van der Waals surface area contributed by atoms with Crippen molar-refractivity contribution in [1.29, 1.82) is 0 Å². The molecule has 1 saturated heterocycles. The fourth-order valence-corrected chi connectivity index (χ4v) is 2.95. The zero-order valence-corrected chi connectivity index (χ0v) is 8.46. The molecule has 3 N–H and O–H groups in total. The highest BCUT2D eigenvalue weighted by molar-refractivity contribution is 7.91. The van der Waals surface area contributed by atoms with Crippen molar-refractivity contribution in [2.24, 2.45) is 5.73 Å². The minimum atomic E-state index is -2.73. The minimum Gasteiger partial charge on any atom is -0.329 e. The molecule has 1 atom stereocenters. The zero-order chi connectivity index (χ0) is 8.32. The highest BCUT2D eigenvalue weighted by Gasteiger charge is 2.26. The van der Waals surface area contributed by atoms with E-state index in [1.165, 1.54) is 0 Å².